The van der Waals surface area contributed by atoms with E-state index < -0.39 is 0 Å². The molecule has 0 fully saturated rings. The van der Waals surface area contributed by atoms with E-state index >= 15 is 0 Å². The topological polar surface area (TPSA) is 48.0 Å². The number of pyridine rings is 1. The van der Waals surface area contributed by atoms with Crippen molar-refractivity contribution in [2.45, 2.75) is 6.92 Å². The third-order valence-corrected chi connectivity index (χ3v) is 4.35. The molecule has 0 bridgehead atoms. The van der Waals surface area contributed by atoms with Crippen LogP contribution < -0.4 is 0 Å². The van der Waals surface area contributed by atoms with E-state index in [1.54, 1.807) is 6.20 Å². The molecule has 0 atom stereocenters. The van der Waals surface area contributed by atoms with Gasteiger partial charge in [-0.1, -0.05) is 42.5 Å². The molecule has 0 N–H and O–H groups in total. The lowest BCUT2D eigenvalue weighted by molar-refractivity contribution is 0.876. The Hall–Kier alpha value is -3.47. The Kier molecular flexibility index (Phi) is 2.94. The molecule has 0 saturated carbocycles. The summed E-state index contributed by atoms with van der Waals surface area (Å²) in [5.74, 6) is 1.64. The minimum Gasteiger partial charge on any atom is -0.246 e. The van der Waals surface area contributed by atoms with Gasteiger partial charge in [0.25, 0.3) is 0 Å². The standard InChI is InChI=1S/C20H15N5/c1-14-23-25(20-22-18-11-6-12-21-19(18)24(14)20)17-10-5-9-16(13-17)15-7-3-2-4-8-15/h2-13H,1H3. The van der Waals surface area contributed by atoms with Crippen LogP contribution in [0.1, 0.15) is 5.82 Å². The summed E-state index contributed by atoms with van der Waals surface area (Å²) in [6, 6.07) is 22.5. The number of imidazole rings is 1. The van der Waals surface area contributed by atoms with Crippen LogP contribution in [0.3, 0.4) is 0 Å². The first kappa shape index (κ1) is 13.9. The zero-order valence-electron chi connectivity index (χ0n) is 13.7. The Balaban J connectivity index is 1.74. The summed E-state index contributed by atoms with van der Waals surface area (Å²) in [7, 11) is 0. The highest BCUT2D eigenvalue weighted by Crippen LogP contribution is 2.24. The smallest absolute Gasteiger partial charge is 0.239 e. The van der Waals surface area contributed by atoms with E-state index in [2.05, 4.69) is 34.3 Å². The summed E-state index contributed by atoms with van der Waals surface area (Å²) in [6.07, 6.45) is 1.78. The molecular formula is C20H15N5. The van der Waals surface area contributed by atoms with Gasteiger partial charge in [0.15, 0.2) is 5.65 Å². The van der Waals surface area contributed by atoms with Gasteiger partial charge < -0.3 is 0 Å². The van der Waals surface area contributed by atoms with E-state index in [0.717, 1.165) is 34.0 Å². The van der Waals surface area contributed by atoms with Crippen LogP contribution >= 0.6 is 0 Å². The van der Waals surface area contributed by atoms with E-state index in [9.17, 15) is 0 Å². The molecule has 5 heteroatoms. The maximum absolute atomic E-state index is 4.72. The number of rotatable bonds is 2. The van der Waals surface area contributed by atoms with Crippen molar-refractivity contribution in [3.05, 3.63) is 78.8 Å². The van der Waals surface area contributed by atoms with E-state index in [1.165, 1.54) is 5.56 Å². The summed E-state index contributed by atoms with van der Waals surface area (Å²) >= 11 is 0. The molecule has 0 aliphatic heterocycles. The molecule has 5 rings (SSSR count). The fourth-order valence-electron chi connectivity index (χ4n) is 3.20. The van der Waals surface area contributed by atoms with Crippen LogP contribution in [0.25, 0.3) is 33.8 Å². The van der Waals surface area contributed by atoms with Crippen LogP contribution in [-0.2, 0) is 0 Å². The first-order valence-electron chi connectivity index (χ1n) is 8.16. The number of fused-ring (bicyclic) bond motifs is 3. The molecule has 0 spiro atoms. The van der Waals surface area contributed by atoms with Gasteiger partial charge in [0.05, 0.1) is 5.69 Å². The Bertz CT molecular complexity index is 1200. The van der Waals surface area contributed by atoms with E-state index in [4.69, 9.17) is 4.98 Å². The molecular weight excluding hydrogens is 310 g/mol. The molecule has 5 aromatic rings. The van der Waals surface area contributed by atoms with Crippen LogP contribution in [0.15, 0.2) is 72.9 Å². The lowest BCUT2D eigenvalue weighted by Gasteiger charge is -2.05. The van der Waals surface area contributed by atoms with Gasteiger partial charge >= 0.3 is 0 Å². The van der Waals surface area contributed by atoms with Gasteiger partial charge in [-0.15, -0.1) is 0 Å². The van der Waals surface area contributed by atoms with Crippen molar-refractivity contribution in [1.82, 2.24) is 24.1 Å². The van der Waals surface area contributed by atoms with Gasteiger partial charge in [-0.3, -0.25) is 0 Å². The van der Waals surface area contributed by atoms with Crippen LogP contribution in [-0.4, -0.2) is 24.1 Å². The van der Waals surface area contributed by atoms with Crippen molar-refractivity contribution in [3.8, 4) is 16.8 Å². The van der Waals surface area contributed by atoms with Gasteiger partial charge in [-0.05, 0) is 42.3 Å². The third kappa shape index (κ3) is 2.13. The predicted octanol–water partition coefficient (Wildman–Crippen LogP) is 4.04. The lowest BCUT2D eigenvalue weighted by atomic mass is 10.1. The van der Waals surface area contributed by atoms with E-state index in [1.807, 2.05) is 58.5 Å². The second kappa shape index (κ2) is 5.27. The Morgan fingerprint density at radius 1 is 0.840 bits per heavy atom. The summed E-state index contributed by atoms with van der Waals surface area (Å²) in [5.41, 5.74) is 5.02. The van der Waals surface area contributed by atoms with Crippen molar-refractivity contribution >= 4 is 16.9 Å². The maximum atomic E-state index is 4.72. The number of hydrogen-bond acceptors (Lipinski definition) is 3. The minimum atomic E-state index is 0.774. The quantitative estimate of drug-likeness (QED) is 0.492. The number of aryl methyl sites for hydroxylation is 1. The minimum absolute atomic E-state index is 0.774. The molecule has 5 nitrogen and oxygen atoms in total. The highest BCUT2D eigenvalue weighted by Gasteiger charge is 2.15. The van der Waals surface area contributed by atoms with Crippen molar-refractivity contribution in [2.75, 3.05) is 0 Å². The molecule has 3 aromatic heterocycles. The van der Waals surface area contributed by atoms with E-state index in [-0.39, 0.29) is 0 Å². The summed E-state index contributed by atoms with van der Waals surface area (Å²) in [6.45, 7) is 1.97. The first-order chi connectivity index (χ1) is 12.3. The van der Waals surface area contributed by atoms with Crippen LogP contribution in [0.5, 0.6) is 0 Å². The van der Waals surface area contributed by atoms with Crippen LogP contribution in [0, 0.1) is 6.92 Å². The number of nitrogens with zero attached hydrogens (tertiary/aromatic N) is 5. The van der Waals surface area contributed by atoms with Gasteiger partial charge in [-0.2, -0.15) is 9.78 Å². The van der Waals surface area contributed by atoms with Gasteiger partial charge in [0.2, 0.25) is 5.78 Å². The number of aromatic nitrogens is 5. The van der Waals surface area contributed by atoms with Crippen molar-refractivity contribution in [3.63, 3.8) is 0 Å². The predicted molar refractivity (Wildman–Crippen MR) is 97.8 cm³/mol. The molecule has 0 amide bonds. The van der Waals surface area contributed by atoms with Gasteiger partial charge in [0.1, 0.15) is 11.3 Å². The third-order valence-electron chi connectivity index (χ3n) is 4.35. The Labute approximate surface area is 144 Å². The molecule has 0 saturated heterocycles. The first-order valence-corrected chi connectivity index (χ1v) is 8.16. The fraction of sp³-hybridized carbons (Fsp3) is 0.0500. The van der Waals surface area contributed by atoms with Gasteiger partial charge in [-0.25, -0.2) is 14.4 Å². The molecule has 120 valence electrons. The van der Waals surface area contributed by atoms with Gasteiger partial charge in [0, 0.05) is 6.20 Å². The Morgan fingerprint density at radius 2 is 1.68 bits per heavy atom. The SMILES string of the molecule is Cc1nn(-c2cccc(-c3ccccc3)c2)c2nc3cccnc3n12. The van der Waals surface area contributed by atoms with Crippen LogP contribution in [0.2, 0.25) is 0 Å². The molecule has 0 unspecified atom stereocenters. The number of benzene rings is 2. The number of hydrogen-bond donors (Lipinski definition) is 0. The van der Waals surface area contributed by atoms with Crippen molar-refractivity contribution < 1.29 is 0 Å². The largest absolute Gasteiger partial charge is 0.246 e. The zero-order chi connectivity index (χ0) is 16.8. The molecule has 3 heterocycles. The average molecular weight is 325 g/mol. The molecule has 2 aromatic carbocycles. The molecule has 25 heavy (non-hydrogen) atoms. The highest BCUT2D eigenvalue weighted by molar-refractivity contribution is 5.76. The molecule has 0 aliphatic carbocycles. The maximum Gasteiger partial charge on any atom is 0.239 e. The molecule has 0 aliphatic rings. The lowest BCUT2D eigenvalue weighted by Crippen LogP contribution is -1.97. The average Bonchev–Trinajstić information content (AvgIpc) is 3.20. The van der Waals surface area contributed by atoms with Crippen molar-refractivity contribution in [1.29, 1.82) is 0 Å². The monoisotopic (exact) mass is 325 g/mol. The Morgan fingerprint density at radius 3 is 2.56 bits per heavy atom. The summed E-state index contributed by atoms with van der Waals surface area (Å²) in [5, 5.41) is 4.68. The second-order valence-electron chi connectivity index (χ2n) is 5.97. The highest BCUT2D eigenvalue weighted by atomic mass is 15.4. The zero-order valence-corrected chi connectivity index (χ0v) is 13.7. The van der Waals surface area contributed by atoms with E-state index in [0.29, 0.717) is 0 Å². The molecule has 0 radical (unpaired) electrons. The summed E-state index contributed by atoms with van der Waals surface area (Å²) in [4.78, 5) is 9.17. The summed E-state index contributed by atoms with van der Waals surface area (Å²) < 4.78 is 3.87. The van der Waals surface area contributed by atoms with Crippen LogP contribution in [0.4, 0.5) is 0 Å². The normalized spacial score (nSPS) is 11.4. The van der Waals surface area contributed by atoms with Crippen molar-refractivity contribution in [2.24, 2.45) is 0 Å². The second-order valence-corrected chi connectivity index (χ2v) is 5.97. The fourth-order valence-corrected chi connectivity index (χ4v) is 3.20.